The van der Waals surface area contributed by atoms with Crippen LogP contribution in [0.2, 0.25) is 0 Å². The summed E-state index contributed by atoms with van der Waals surface area (Å²) in [6.45, 7) is 5.61. The van der Waals surface area contributed by atoms with Crippen LogP contribution >= 0.6 is 11.3 Å². The van der Waals surface area contributed by atoms with E-state index in [1.54, 1.807) is 25.1 Å². The predicted molar refractivity (Wildman–Crippen MR) is 112 cm³/mol. The van der Waals surface area contributed by atoms with Gasteiger partial charge in [0.2, 0.25) is 5.91 Å². The lowest BCUT2D eigenvalue weighted by molar-refractivity contribution is -0.127. The Bertz CT molecular complexity index is 853. The van der Waals surface area contributed by atoms with Crippen molar-refractivity contribution in [2.75, 3.05) is 40.3 Å². The van der Waals surface area contributed by atoms with Crippen LogP contribution in [0.25, 0.3) is 6.08 Å². The summed E-state index contributed by atoms with van der Waals surface area (Å²) in [5.41, 5.74) is 1.82. The van der Waals surface area contributed by atoms with Crippen LogP contribution in [-0.2, 0) is 11.3 Å². The fraction of sp³-hybridized carbons (Fsp3) is 0.381. The number of aromatic nitrogens is 1. The number of hydrogen-bond acceptors (Lipinski definition) is 5. The maximum Gasteiger partial charge on any atom is 0.265 e. The van der Waals surface area contributed by atoms with Crippen molar-refractivity contribution in [2.24, 2.45) is 0 Å². The molecule has 1 aliphatic rings. The monoisotopic (exact) mass is 398 g/mol. The largest absolute Gasteiger partial charge is 0.344 e. The molecule has 7 heteroatoms. The molecule has 1 saturated heterocycles. The van der Waals surface area contributed by atoms with Gasteiger partial charge in [0, 0.05) is 46.4 Å². The Labute approximate surface area is 170 Å². The molecule has 0 N–H and O–H groups in total. The second-order valence-corrected chi connectivity index (χ2v) is 8.15. The maximum absolute atomic E-state index is 12.4. The quantitative estimate of drug-likeness (QED) is 0.727. The zero-order valence-corrected chi connectivity index (χ0v) is 17.4. The van der Waals surface area contributed by atoms with Crippen LogP contribution in [0.15, 0.2) is 36.4 Å². The van der Waals surface area contributed by atoms with E-state index in [2.05, 4.69) is 9.88 Å². The first-order chi connectivity index (χ1) is 13.4. The molecule has 1 aliphatic heterocycles. The molecule has 0 saturated carbocycles. The number of thiazole rings is 1. The average Bonchev–Trinajstić information content (AvgIpc) is 3.06. The molecule has 0 bridgehead atoms. The zero-order chi connectivity index (χ0) is 20.1. The summed E-state index contributed by atoms with van der Waals surface area (Å²) in [4.78, 5) is 35.6. The Balaban J connectivity index is 1.52. The van der Waals surface area contributed by atoms with Crippen molar-refractivity contribution >= 4 is 29.2 Å². The van der Waals surface area contributed by atoms with Gasteiger partial charge in [0.1, 0.15) is 9.88 Å². The number of piperazine rings is 1. The summed E-state index contributed by atoms with van der Waals surface area (Å²) >= 11 is 1.47. The number of nitrogens with zero attached hydrogens (tertiary/aromatic N) is 4. The van der Waals surface area contributed by atoms with Crippen molar-refractivity contribution < 1.29 is 9.59 Å². The van der Waals surface area contributed by atoms with E-state index in [1.807, 2.05) is 48.2 Å². The summed E-state index contributed by atoms with van der Waals surface area (Å²) < 4.78 is 0. The minimum Gasteiger partial charge on any atom is -0.344 e. The molecule has 2 heterocycles. The number of hydrogen-bond donors (Lipinski definition) is 0. The van der Waals surface area contributed by atoms with Gasteiger partial charge in [-0.05, 0) is 18.6 Å². The van der Waals surface area contributed by atoms with Crippen LogP contribution in [0.1, 0.15) is 25.9 Å². The highest BCUT2D eigenvalue weighted by Gasteiger charge is 2.22. The molecule has 0 aliphatic carbocycles. The van der Waals surface area contributed by atoms with Crippen molar-refractivity contribution in [3.8, 4) is 0 Å². The third-order valence-electron chi connectivity index (χ3n) is 4.70. The van der Waals surface area contributed by atoms with E-state index in [1.165, 1.54) is 11.3 Å². The van der Waals surface area contributed by atoms with Crippen molar-refractivity contribution in [3.63, 3.8) is 0 Å². The number of carbonyl (C=O) groups excluding carboxylic acids is 2. The third-order valence-corrected chi connectivity index (χ3v) is 5.83. The van der Waals surface area contributed by atoms with Gasteiger partial charge in [0.05, 0.1) is 12.2 Å². The standard InChI is InChI=1S/C21H26N4O2S/c1-16-20(21(27)23(2)3)28-18(22-16)15-24-11-13-25(14-12-24)19(26)10-9-17-7-5-4-6-8-17/h4-10H,11-15H2,1-3H3/b10-9+. The van der Waals surface area contributed by atoms with Gasteiger partial charge >= 0.3 is 0 Å². The molecule has 28 heavy (non-hydrogen) atoms. The topological polar surface area (TPSA) is 56.8 Å². The second kappa shape index (κ2) is 9.12. The van der Waals surface area contributed by atoms with E-state index in [-0.39, 0.29) is 11.8 Å². The summed E-state index contributed by atoms with van der Waals surface area (Å²) in [7, 11) is 3.51. The molecule has 0 spiro atoms. The third kappa shape index (κ3) is 5.05. The van der Waals surface area contributed by atoms with Gasteiger partial charge in [-0.1, -0.05) is 30.3 Å². The van der Waals surface area contributed by atoms with Gasteiger partial charge in [-0.15, -0.1) is 11.3 Å². The highest BCUT2D eigenvalue weighted by Crippen LogP contribution is 2.21. The average molecular weight is 399 g/mol. The van der Waals surface area contributed by atoms with Crippen LogP contribution in [0.3, 0.4) is 0 Å². The van der Waals surface area contributed by atoms with Crippen molar-refractivity contribution in [1.29, 1.82) is 0 Å². The highest BCUT2D eigenvalue weighted by atomic mass is 32.1. The van der Waals surface area contributed by atoms with E-state index < -0.39 is 0 Å². The molecule has 148 valence electrons. The van der Waals surface area contributed by atoms with Gasteiger partial charge in [-0.2, -0.15) is 0 Å². The molecule has 1 aromatic carbocycles. The predicted octanol–water partition coefficient (Wildman–Crippen LogP) is 2.51. The van der Waals surface area contributed by atoms with Crippen LogP contribution in [0.5, 0.6) is 0 Å². The van der Waals surface area contributed by atoms with Crippen LogP contribution < -0.4 is 0 Å². The lowest BCUT2D eigenvalue weighted by Gasteiger charge is -2.33. The van der Waals surface area contributed by atoms with Gasteiger partial charge in [0.25, 0.3) is 5.91 Å². The number of carbonyl (C=O) groups is 2. The summed E-state index contributed by atoms with van der Waals surface area (Å²) in [6.07, 6.45) is 3.50. The summed E-state index contributed by atoms with van der Waals surface area (Å²) in [5, 5.41) is 0.950. The molecule has 2 aromatic rings. The van der Waals surface area contributed by atoms with Gasteiger partial charge in [-0.3, -0.25) is 14.5 Å². The number of aryl methyl sites for hydroxylation is 1. The smallest absolute Gasteiger partial charge is 0.265 e. The Hall–Kier alpha value is -2.51. The maximum atomic E-state index is 12.4. The van der Waals surface area contributed by atoms with Gasteiger partial charge < -0.3 is 9.80 Å². The van der Waals surface area contributed by atoms with E-state index in [0.29, 0.717) is 24.5 Å². The van der Waals surface area contributed by atoms with E-state index in [0.717, 1.165) is 29.4 Å². The normalized spacial score (nSPS) is 15.2. The molecule has 0 unspecified atom stereocenters. The summed E-state index contributed by atoms with van der Waals surface area (Å²) in [5.74, 6) is 0.0503. The second-order valence-electron chi connectivity index (χ2n) is 7.07. The lowest BCUT2D eigenvalue weighted by atomic mass is 10.2. The molecule has 3 rings (SSSR count). The Morgan fingerprint density at radius 2 is 1.82 bits per heavy atom. The van der Waals surface area contributed by atoms with Crippen LogP contribution in [0, 0.1) is 6.92 Å². The lowest BCUT2D eigenvalue weighted by Crippen LogP contribution is -2.47. The molecular weight excluding hydrogens is 372 g/mol. The molecule has 6 nitrogen and oxygen atoms in total. The minimum atomic E-state index is 0.00173. The Morgan fingerprint density at radius 3 is 2.46 bits per heavy atom. The highest BCUT2D eigenvalue weighted by molar-refractivity contribution is 7.13. The Kier molecular flexibility index (Phi) is 6.59. The fourth-order valence-corrected chi connectivity index (χ4v) is 4.20. The van der Waals surface area contributed by atoms with Gasteiger partial charge in [-0.25, -0.2) is 4.98 Å². The van der Waals surface area contributed by atoms with Crippen LogP contribution in [-0.4, -0.2) is 71.8 Å². The van der Waals surface area contributed by atoms with Crippen molar-refractivity contribution in [1.82, 2.24) is 19.7 Å². The fourth-order valence-electron chi connectivity index (χ4n) is 3.08. The molecule has 2 amide bonds. The summed E-state index contributed by atoms with van der Waals surface area (Å²) in [6, 6.07) is 9.84. The Morgan fingerprint density at radius 1 is 1.14 bits per heavy atom. The molecule has 0 radical (unpaired) electrons. The number of amides is 2. The first-order valence-corrected chi connectivity index (χ1v) is 10.2. The van der Waals surface area contributed by atoms with E-state index in [4.69, 9.17) is 0 Å². The van der Waals surface area contributed by atoms with Crippen LogP contribution in [0.4, 0.5) is 0 Å². The first kappa shape index (κ1) is 20.2. The number of benzene rings is 1. The molecule has 0 atom stereocenters. The van der Waals surface area contributed by atoms with Gasteiger partial charge in [0.15, 0.2) is 0 Å². The zero-order valence-electron chi connectivity index (χ0n) is 16.6. The van der Waals surface area contributed by atoms with E-state index in [9.17, 15) is 9.59 Å². The molecule has 1 fully saturated rings. The minimum absolute atomic E-state index is 0.00173. The van der Waals surface area contributed by atoms with Crippen molar-refractivity contribution in [3.05, 3.63) is 57.6 Å². The number of rotatable bonds is 5. The van der Waals surface area contributed by atoms with Crippen molar-refractivity contribution in [2.45, 2.75) is 13.5 Å². The first-order valence-electron chi connectivity index (χ1n) is 9.36. The SMILES string of the molecule is Cc1nc(CN2CCN(C(=O)/C=C/c3ccccc3)CC2)sc1C(=O)N(C)C. The molecule has 1 aromatic heterocycles. The van der Waals surface area contributed by atoms with E-state index >= 15 is 0 Å². The molecular formula is C21H26N4O2S.